The first kappa shape index (κ1) is 14.7. The third-order valence-electron chi connectivity index (χ3n) is 5.03. The third-order valence-corrected chi connectivity index (χ3v) is 5.03. The lowest BCUT2D eigenvalue weighted by molar-refractivity contribution is -0.169. The van der Waals surface area contributed by atoms with E-state index < -0.39 is 0 Å². The predicted octanol–water partition coefficient (Wildman–Crippen LogP) is 3.50. The highest BCUT2D eigenvalue weighted by Gasteiger charge is 2.47. The Bertz CT molecular complexity index is 693. The first-order valence-electron chi connectivity index (χ1n) is 8.07. The van der Waals surface area contributed by atoms with Crippen LogP contribution in [0.5, 0.6) is 5.75 Å². The molecular weight excluding hydrogens is 290 g/mol. The van der Waals surface area contributed by atoms with Crippen molar-refractivity contribution in [2.24, 2.45) is 0 Å². The molecule has 4 rings (SSSR count). The van der Waals surface area contributed by atoms with Crippen LogP contribution in [-0.4, -0.2) is 30.5 Å². The van der Waals surface area contributed by atoms with Crippen molar-refractivity contribution < 1.29 is 14.7 Å². The minimum absolute atomic E-state index is 0.0534. The van der Waals surface area contributed by atoms with E-state index in [2.05, 4.69) is 24.3 Å². The molecule has 2 aliphatic rings. The van der Waals surface area contributed by atoms with E-state index in [0.29, 0.717) is 13.1 Å². The lowest BCUT2D eigenvalue weighted by atomic mass is 9.83. The largest absolute Gasteiger partial charge is 0.497 e. The average Bonchev–Trinajstić information content (AvgIpc) is 2.92. The number of hydroxylamine groups is 2. The molecule has 2 heterocycles. The SMILES string of the molecule is COc1ccc2c(c1)C1(CCN(O)CC1)O[C@@H]2c1ccccc1. The van der Waals surface area contributed by atoms with Gasteiger partial charge < -0.3 is 14.7 Å². The molecule has 1 fully saturated rings. The molecular formula is C19H21NO3. The van der Waals surface area contributed by atoms with Crippen molar-refractivity contribution in [2.75, 3.05) is 20.2 Å². The van der Waals surface area contributed by atoms with E-state index in [-0.39, 0.29) is 11.7 Å². The molecule has 2 aromatic carbocycles. The molecule has 1 saturated heterocycles. The first-order valence-corrected chi connectivity index (χ1v) is 8.07. The van der Waals surface area contributed by atoms with Crippen LogP contribution >= 0.6 is 0 Å². The van der Waals surface area contributed by atoms with Crippen molar-refractivity contribution in [3.63, 3.8) is 0 Å². The summed E-state index contributed by atoms with van der Waals surface area (Å²) in [5.74, 6) is 0.854. The molecule has 0 bridgehead atoms. The fraction of sp³-hybridized carbons (Fsp3) is 0.368. The number of piperidine rings is 1. The van der Waals surface area contributed by atoms with E-state index in [0.717, 1.165) is 18.6 Å². The highest BCUT2D eigenvalue weighted by Crippen LogP contribution is 2.52. The molecule has 4 heteroatoms. The van der Waals surface area contributed by atoms with Gasteiger partial charge in [0.15, 0.2) is 0 Å². The van der Waals surface area contributed by atoms with Gasteiger partial charge in [0.1, 0.15) is 11.9 Å². The normalized spacial score (nSPS) is 23.0. The standard InChI is InChI=1S/C19H21NO3/c1-22-15-7-8-16-17(13-15)19(9-11-20(21)12-10-19)23-18(16)14-5-3-2-4-6-14/h2-8,13,18,21H,9-12H2,1H3/t18-/m1/s1. The van der Waals surface area contributed by atoms with Crippen molar-refractivity contribution >= 4 is 0 Å². The molecule has 0 aliphatic carbocycles. The smallest absolute Gasteiger partial charge is 0.119 e. The second kappa shape index (κ2) is 5.64. The van der Waals surface area contributed by atoms with Gasteiger partial charge in [-0.2, -0.15) is 5.06 Å². The van der Waals surface area contributed by atoms with Gasteiger partial charge in [-0.25, -0.2) is 0 Å². The van der Waals surface area contributed by atoms with Crippen LogP contribution in [0.4, 0.5) is 0 Å². The van der Waals surface area contributed by atoms with Gasteiger partial charge in [0, 0.05) is 13.1 Å². The van der Waals surface area contributed by atoms with Gasteiger partial charge in [0.25, 0.3) is 0 Å². The molecule has 1 N–H and O–H groups in total. The molecule has 4 nitrogen and oxygen atoms in total. The summed E-state index contributed by atoms with van der Waals surface area (Å²) in [6.45, 7) is 1.25. The zero-order chi connectivity index (χ0) is 15.9. The summed E-state index contributed by atoms with van der Waals surface area (Å²) in [6.07, 6.45) is 1.52. The van der Waals surface area contributed by atoms with Crippen LogP contribution in [0, 0.1) is 0 Å². The first-order chi connectivity index (χ1) is 11.2. The van der Waals surface area contributed by atoms with Gasteiger partial charge in [-0.3, -0.25) is 0 Å². The summed E-state index contributed by atoms with van der Waals surface area (Å²) in [5, 5.41) is 11.1. The van der Waals surface area contributed by atoms with Crippen molar-refractivity contribution in [2.45, 2.75) is 24.5 Å². The van der Waals surface area contributed by atoms with Gasteiger partial charge in [-0.05, 0) is 41.7 Å². The molecule has 0 saturated carbocycles. The zero-order valence-corrected chi connectivity index (χ0v) is 13.2. The van der Waals surface area contributed by atoms with E-state index in [1.807, 2.05) is 24.3 Å². The number of fused-ring (bicyclic) bond motifs is 2. The lowest BCUT2D eigenvalue weighted by Gasteiger charge is -2.37. The number of hydrogen-bond donors (Lipinski definition) is 1. The quantitative estimate of drug-likeness (QED) is 0.922. The Hall–Kier alpha value is -1.88. The zero-order valence-electron chi connectivity index (χ0n) is 13.2. The van der Waals surface area contributed by atoms with Crippen LogP contribution in [0.2, 0.25) is 0 Å². The number of nitrogens with zero attached hydrogens (tertiary/aromatic N) is 1. The van der Waals surface area contributed by atoms with Gasteiger partial charge >= 0.3 is 0 Å². The number of hydrogen-bond acceptors (Lipinski definition) is 4. The fourth-order valence-corrected chi connectivity index (χ4v) is 3.76. The van der Waals surface area contributed by atoms with E-state index in [1.165, 1.54) is 21.8 Å². The van der Waals surface area contributed by atoms with E-state index in [9.17, 15) is 5.21 Å². The average molecular weight is 311 g/mol. The summed E-state index contributed by atoms with van der Waals surface area (Å²) < 4.78 is 12.0. The van der Waals surface area contributed by atoms with Crippen molar-refractivity contribution in [3.8, 4) is 5.75 Å². The molecule has 2 aromatic rings. The Morgan fingerprint density at radius 2 is 1.87 bits per heavy atom. The predicted molar refractivity (Wildman–Crippen MR) is 86.6 cm³/mol. The second-order valence-electron chi connectivity index (χ2n) is 6.31. The van der Waals surface area contributed by atoms with Crippen LogP contribution in [0.3, 0.4) is 0 Å². The maximum Gasteiger partial charge on any atom is 0.119 e. The van der Waals surface area contributed by atoms with Gasteiger partial charge in [-0.1, -0.05) is 36.4 Å². The summed E-state index contributed by atoms with van der Waals surface area (Å²) >= 11 is 0. The van der Waals surface area contributed by atoms with Crippen molar-refractivity contribution in [1.82, 2.24) is 5.06 Å². The summed E-state index contributed by atoms with van der Waals surface area (Å²) in [6, 6.07) is 16.5. The molecule has 23 heavy (non-hydrogen) atoms. The van der Waals surface area contributed by atoms with E-state index >= 15 is 0 Å². The fourth-order valence-electron chi connectivity index (χ4n) is 3.76. The number of benzene rings is 2. The number of ether oxygens (including phenoxy) is 2. The van der Waals surface area contributed by atoms with Gasteiger partial charge in [0.05, 0.1) is 12.7 Å². The van der Waals surface area contributed by atoms with Crippen molar-refractivity contribution in [1.29, 1.82) is 0 Å². The van der Waals surface area contributed by atoms with Crippen molar-refractivity contribution in [3.05, 3.63) is 65.2 Å². The highest BCUT2D eigenvalue weighted by atomic mass is 16.5. The summed E-state index contributed by atoms with van der Waals surface area (Å²) in [4.78, 5) is 0. The van der Waals surface area contributed by atoms with Crippen LogP contribution in [0.15, 0.2) is 48.5 Å². The van der Waals surface area contributed by atoms with E-state index in [4.69, 9.17) is 9.47 Å². The molecule has 0 unspecified atom stereocenters. The Balaban J connectivity index is 1.80. The molecule has 1 spiro atoms. The minimum Gasteiger partial charge on any atom is -0.497 e. The second-order valence-corrected chi connectivity index (χ2v) is 6.31. The van der Waals surface area contributed by atoms with Crippen LogP contribution < -0.4 is 4.74 Å². The molecule has 120 valence electrons. The van der Waals surface area contributed by atoms with Gasteiger partial charge in [-0.15, -0.1) is 0 Å². The number of methoxy groups -OCH3 is 1. The number of rotatable bonds is 2. The topological polar surface area (TPSA) is 41.9 Å². The Kier molecular flexibility index (Phi) is 3.60. The lowest BCUT2D eigenvalue weighted by Crippen LogP contribution is -2.41. The van der Waals surface area contributed by atoms with Gasteiger partial charge in [0.2, 0.25) is 0 Å². The maximum absolute atomic E-state index is 9.74. The molecule has 1 atom stereocenters. The molecule has 0 aromatic heterocycles. The van der Waals surface area contributed by atoms with Crippen LogP contribution in [-0.2, 0) is 10.3 Å². The maximum atomic E-state index is 9.74. The minimum atomic E-state index is -0.330. The molecule has 0 radical (unpaired) electrons. The Morgan fingerprint density at radius 1 is 1.13 bits per heavy atom. The van der Waals surface area contributed by atoms with E-state index in [1.54, 1.807) is 7.11 Å². The third kappa shape index (κ3) is 2.43. The van der Waals surface area contributed by atoms with Crippen LogP contribution in [0.1, 0.15) is 35.6 Å². The molecule has 2 aliphatic heterocycles. The Morgan fingerprint density at radius 3 is 2.57 bits per heavy atom. The Labute approximate surface area is 136 Å². The monoisotopic (exact) mass is 311 g/mol. The summed E-state index contributed by atoms with van der Waals surface area (Å²) in [7, 11) is 1.69. The highest BCUT2D eigenvalue weighted by molar-refractivity contribution is 5.47. The summed E-state index contributed by atoms with van der Waals surface area (Å²) in [5.41, 5.74) is 3.26. The molecule has 0 amide bonds. The van der Waals surface area contributed by atoms with Crippen LogP contribution in [0.25, 0.3) is 0 Å².